The summed E-state index contributed by atoms with van der Waals surface area (Å²) in [6.45, 7) is 3.60. The first-order chi connectivity index (χ1) is 24.6. The van der Waals surface area contributed by atoms with E-state index in [1.165, 1.54) is 16.4 Å². The fraction of sp³-hybridized carbons (Fsp3) is 0.167. The van der Waals surface area contributed by atoms with Crippen molar-refractivity contribution in [3.63, 3.8) is 0 Å². The number of aryl methyl sites for hydroxylation is 4. The number of nitrogens with one attached hydrogen (secondary N) is 1. The molecule has 0 aliphatic carbocycles. The van der Waals surface area contributed by atoms with Crippen molar-refractivity contribution in [1.82, 2.24) is 48.6 Å². The van der Waals surface area contributed by atoms with E-state index in [1.54, 1.807) is 46.3 Å². The Kier molecular flexibility index (Phi) is 10.4. The molecule has 0 aliphatic heterocycles. The summed E-state index contributed by atoms with van der Waals surface area (Å²) < 4.78 is 7.37. The molecule has 0 atom stereocenters. The van der Waals surface area contributed by atoms with E-state index in [0.29, 0.717) is 17.6 Å². The Morgan fingerprint density at radius 1 is 0.706 bits per heavy atom. The third-order valence-corrected chi connectivity index (χ3v) is 8.30. The molecule has 0 saturated heterocycles. The van der Waals surface area contributed by atoms with Gasteiger partial charge < -0.3 is 30.4 Å². The van der Waals surface area contributed by atoms with Crippen LogP contribution in [0, 0.1) is 13.8 Å². The molecule has 14 nitrogen and oxygen atoms in total. The average Bonchev–Trinajstić information content (AvgIpc) is 3.90. The van der Waals surface area contributed by atoms with Gasteiger partial charge in [0.05, 0.1) is 24.6 Å². The largest absolute Gasteiger partial charge is 0.399 e. The minimum absolute atomic E-state index is 0.0371. The van der Waals surface area contributed by atoms with Crippen molar-refractivity contribution < 1.29 is 10.2 Å². The highest BCUT2D eigenvalue weighted by molar-refractivity contribution is 6.28. The molecule has 6 aromatic heterocycles. The van der Waals surface area contributed by atoms with Gasteiger partial charge in [-0.25, -0.2) is 19.3 Å². The van der Waals surface area contributed by atoms with Gasteiger partial charge in [0.15, 0.2) is 11.6 Å². The summed E-state index contributed by atoms with van der Waals surface area (Å²) in [7, 11) is 4.05. The summed E-state index contributed by atoms with van der Waals surface area (Å²) in [6, 6.07) is 19.7. The van der Waals surface area contributed by atoms with Crippen molar-refractivity contribution in [2.75, 3.05) is 11.1 Å². The van der Waals surface area contributed by atoms with E-state index in [1.807, 2.05) is 64.6 Å². The highest BCUT2D eigenvalue weighted by atomic mass is 35.5. The van der Waals surface area contributed by atoms with Gasteiger partial charge in [-0.2, -0.15) is 20.2 Å². The third-order valence-electron chi connectivity index (χ3n) is 8.11. The summed E-state index contributed by atoms with van der Waals surface area (Å²) in [5.74, 6) is 1.71. The second-order valence-electron chi connectivity index (χ2n) is 11.7. The maximum absolute atomic E-state index is 9.32. The third kappa shape index (κ3) is 8.05. The summed E-state index contributed by atoms with van der Waals surface area (Å²) >= 11 is 5.66. The van der Waals surface area contributed by atoms with Crippen molar-refractivity contribution in [2.24, 2.45) is 14.1 Å². The van der Waals surface area contributed by atoms with Gasteiger partial charge in [-0.05, 0) is 74.0 Å². The van der Waals surface area contributed by atoms with Crippen LogP contribution in [0.1, 0.15) is 22.5 Å². The molecule has 0 amide bonds. The van der Waals surface area contributed by atoms with Crippen molar-refractivity contribution in [1.29, 1.82) is 0 Å². The monoisotopic (exact) mass is 704 g/mol. The highest BCUT2D eigenvalue weighted by Gasteiger charge is 2.09. The van der Waals surface area contributed by atoms with Crippen LogP contribution in [0.2, 0.25) is 5.28 Å². The Balaban J connectivity index is 0.000000146. The molecule has 0 aliphatic rings. The molecule has 8 aromatic rings. The lowest BCUT2D eigenvalue weighted by molar-refractivity contribution is 0.281. The number of hydrogen-bond acceptors (Lipinski definition) is 10. The van der Waals surface area contributed by atoms with Gasteiger partial charge in [0.1, 0.15) is 0 Å². The van der Waals surface area contributed by atoms with Crippen molar-refractivity contribution in [2.45, 2.75) is 27.1 Å². The predicted octanol–water partition coefficient (Wildman–Crippen LogP) is 5.58. The zero-order chi connectivity index (χ0) is 36.1. The fourth-order valence-electron chi connectivity index (χ4n) is 5.32. The SMILES string of the molecule is Cc1nn(-c2ccnc(Cl)n2)cc1CO.Cc1nn(-c2ccnc(Nc3ccc4c(ccn4C)c3)n2)cc1CO.Cn1ccc2cc(N)ccc21. The lowest BCUT2D eigenvalue weighted by Crippen LogP contribution is -2.03. The minimum Gasteiger partial charge on any atom is -0.399 e. The molecule has 8 rings (SSSR count). The van der Waals surface area contributed by atoms with E-state index < -0.39 is 0 Å². The number of anilines is 3. The number of rotatable bonds is 6. The van der Waals surface area contributed by atoms with E-state index in [0.717, 1.165) is 39.3 Å². The Hall–Kier alpha value is -6.09. The van der Waals surface area contributed by atoms with Gasteiger partial charge in [-0.15, -0.1) is 0 Å². The van der Waals surface area contributed by atoms with Crippen LogP contribution in [0.4, 0.5) is 17.3 Å². The van der Waals surface area contributed by atoms with E-state index >= 15 is 0 Å². The predicted molar refractivity (Wildman–Crippen MR) is 198 cm³/mol. The quantitative estimate of drug-likeness (QED) is 0.126. The minimum atomic E-state index is -0.0425. The van der Waals surface area contributed by atoms with Gasteiger partial charge >= 0.3 is 0 Å². The number of aliphatic hydroxyl groups excluding tert-OH is 2. The summed E-state index contributed by atoms with van der Waals surface area (Å²) in [5, 5.41) is 32.7. The number of nitrogens with two attached hydrogens (primary N) is 1. The lowest BCUT2D eigenvalue weighted by atomic mass is 10.2. The highest BCUT2D eigenvalue weighted by Crippen LogP contribution is 2.22. The Morgan fingerprint density at radius 3 is 1.82 bits per heavy atom. The summed E-state index contributed by atoms with van der Waals surface area (Å²) in [4.78, 5) is 16.6. The average molecular weight is 705 g/mol. The number of halogens is 1. The second-order valence-corrected chi connectivity index (χ2v) is 12.0. The van der Waals surface area contributed by atoms with Crippen LogP contribution in [0.5, 0.6) is 0 Å². The molecule has 0 saturated carbocycles. The first-order valence-corrected chi connectivity index (χ1v) is 16.3. The van der Waals surface area contributed by atoms with Gasteiger partial charge in [-0.1, -0.05) is 0 Å². The number of nitrogens with zero attached hydrogens (tertiary/aromatic N) is 10. The first kappa shape index (κ1) is 34.8. The molecule has 6 heterocycles. The Morgan fingerprint density at radius 2 is 1.25 bits per heavy atom. The van der Waals surface area contributed by atoms with Crippen LogP contribution >= 0.6 is 11.6 Å². The Labute approximate surface area is 298 Å². The van der Waals surface area contributed by atoms with Crippen LogP contribution in [0.3, 0.4) is 0 Å². The molecule has 5 N–H and O–H groups in total. The topological polar surface area (TPSA) is 176 Å². The molecular formula is C36H37ClN12O2. The number of aromatic nitrogens is 10. The van der Waals surface area contributed by atoms with E-state index in [-0.39, 0.29) is 18.5 Å². The van der Waals surface area contributed by atoms with E-state index in [4.69, 9.17) is 22.4 Å². The molecule has 0 radical (unpaired) electrons. The normalized spacial score (nSPS) is 10.9. The molecule has 0 bridgehead atoms. The smallest absolute Gasteiger partial charge is 0.229 e. The van der Waals surface area contributed by atoms with Gasteiger partial charge in [0, 0.05) is 108 Å². The second kappa shape index (κ2) is 15.2. The maximum atomic E-state index is 9.32. The standard InChI is InChI=1S/C18H18N6O.C9H9ClN4O.C9H10N2/c1-12-14(11-25)10-24(22-12)17-5-7-19-18(21-17)20-15-3-4-16-13(9-15)6-8-23(16)2;1-6-7(5-15)4-14(13-6)8-2-3-11-9(10)12-8;1-11-5-4-7-6-8(10)2-3-9(7)11/h3-10,25H,11H2,1-2H3,(H,19,20,21);2-4,15H,5H2,1H3;2-6H,10H2,1H3. The summed E-state index contributed by atoms with van der Waals surface area (Å²) in [5.41, 5.74) is 12.9. The zero-order valence-electron chi connectivity index (χ0n) is 28.5. The molecule has 0 spiro atoms. The van der Waals surface area contributed by atoms with Gasteiger partial charge in [0.25, 0.3) is 0 Å². The Bertz CT molecular complexity index is 2430. The number of nitrogen functional groups attached to an aromatic ring is 1. The van der Waals surface area contributed by atoms with Gasteiger partial charge in [0.2, 0.25) is 11.2 Å². The molecular weight excluding hydrogens is 668 g/mol. The van der Waals surface area contributed by atoms with Crippen LogP contribution in [-0.2, 0) is 27.3 Å². The van der Waals surface area contributed by atoms with Crippen molar-refractivity contribution >= 4 is 50.7 Å². The molecule has 0 fully saturated rings. The number of hydrogen-bond donors (Lipinski definition) is 4. The van der Waals surface area contributed by atoms with Crippen LogP contribution in [0.25, 0.3) is 33.4 Å². The maximum Gasteiger partial charge on any atom is 0.229 e. The van der Waals surface area contributed by atoms with E-state index in [9.17, 15) is 5.11 Å². The van der Waals surface area contributed by atoms with E-state index in [2.05, 4.69) is 68.8 Å². The van der Waals surface area contributed by atoms with Crippen molar-refractivity contribution in [3.8, 4) is 11.6 Å². The summed E-state index contributed by atoms with van der Waals surface area (Å²) in [6.07, 6.45) is 10.8. The van der Waals surface area contributed by atoms with Gasteiger partial charge in [-0.3, -0.25) is 0 Å². The zero-order valence-corrected chi connectivity index (χ0v) is 29.2. The number of aliphatic hydroxyl groups is 2. The van der Waals surface area contributed by atoms with Crippen LogP contribution < -0.4 is 11.1 Å². The molecule has 2 aromatic carbocycles. The molecule has 15 heteroatoms. The number of benzene rings is 2. The number of fused-ring (bicyclic) bond motifs is 2. The molecule has 0 unspecified atom stereocenters. The van der Waals surface area contributed by atoms with Crippen LogP contribution in [0.15, 0.2) is 97.8 Å². The van der Waals surface area contributed by atoms with Crippen molar-refractivity contribution in [3.05, 3.63) is 126 Å². The lowest BCUT2D eigenvalue weighted by Gasteiger charge is -2.07. The van der Waals surface area contributed by atoms with Crippen LogP contribution in [-0.4, -0.2) is 58.8 Å². The fourth-order valence-corrected chi connectivity index (χ4v) is 5.46. The molecule has 260 valence electrons. The molecule has 51 heavy (non-hydrogen) atoms. The first-order valence-electron chi connectivity index (χ1n) is 15.9.